The van der Waals surface area contributed by atoms with Crippen molar-refractivity contribution in [2.75, 3.05) is 13.2 Å². The minimum absolute atomic E-state index is 0.00557. The molecule has 0 heterocycles. The highest BCUT2D eigenvalue weighted by molar-refractivity contribution is 7.80. The standard InChI is InChI=1S/C15H19N3O5S/c1-3-12(19)16-15(24)18-17-13(20)9-23-11-7-5-10(6-8-11)14(21)22-4-2/h5-8H,3-4,9H2,1-2H3,(H,17,20)(H2,16,18,19,24). The monoisotopic (exact) mass is 353 g/mol. The summed E-state index contributed by atoms with van der Waals surface area (Å²) < 4.78 is 10.1. The Bertz CT molecular complexity index is 604. The molecule has 0 unspecified atom stereocenters. The number of nitrogens with one attached hydrogen (secondary N) is 3. The number of hydrazine groups is 1. The fourth-order valence-corrected chi connectivity index (χ4v) is 1.62. The molecule has 8 nitrogen and oxygen atoms in total. The van der Waals surface area contributed by atoms with Crippen LogP contribution in [-0.4, -0.2) is 36.1 Å². The number of benzene rings is 1. The second-order valence-electron chi connectivity index (χ2n) is 4.44. The molecule has 24 heavy (non-hydrogen) atoms. The first-order valence-corrected chi connectivity index (χ1v) is 7.65. The van der Waals surface area contributed by atoms with Crippen LogP contribution in [0.5, 0.6) is 5.75 Å². The number of carbonyl (C=O) groups is 3. The summed E-state index contributed by atoms with van der Waals surface area (Å²) in [6, 6.07) is 6.19. The van der Waals surface area contributed by atoms with E-state index in [0.29, 0.717) is 17.9 Å². The molecule has 3 N–H and O–H groups in total. The van der Waals surface area contributed by atoms with Gasteiger partial charge in [-0.3, -0.25) is 20.4 Å². The molecule has 1 rings (SSSR count). The third-order valence-corrected chi connectivity index (χ3v) is 2.83. The van der Waals surface area contributed by atoms with E-state index in [2.05, 4.69) is 16.2 Å². The lowest BCUT2D eigenvalue weighted by atomic mass is 10.2. The van der Waals surface area contributed by atoms with Crippen LogP contribution in [0, 0.1) is 0 Å². The van der Waals surface area contributed by atoms with Crippen LogP contribution in [0.3, 0.4) is 0 Å². The Labute approximate surface area is 144 Å². The Kier molecular flexibility index (Phi) is 8.20. The molecule has 0 bridgehead atoms. The summed E-state index contributed by atoms with van der Waals surface area (Å²) in [5.74, 6) is -0.758. The highest BCUT2D eigenvalue weighted by Gasteiger charge is 2.08. The summed E-state index contributed by atoms with van der Waals surface area (Å²) >= 11 is 4.81. The number of esters is 1. The van der Waals surface area contributed by atoms with E-state index >= 15 is 0 Å². The van der Waals surface area contributed by atoms with Crippen molar-refractivity contribution < 1.29 is 23.9 Å². The Balaban J connectivity index is 2.35. The van der Waals surface area contributed by atoms with Gasteiger partial charge in [0.2, 0.25) is 5.91 Å². The first-order chi connectivity index (χ1) is 11.5. The molecule has 2 amide bonds. The molecule has 1 aromatic rings. The van der Waals surface area contributed by atoms with Gasteiger partial charge in [-0.15, -0.1) is 0 Å². The van der Waals surface area contributed by atoms with Crippen molar-refractivity contribution in [3.8, 4) is 5.75 Å². The summed E-state index contributed by atoms with van der Waals surface area (Å²) in [6.07, 6.45) is 0.278. The lowest BCUT2D eigenvalue weighted by molar-refractivity contribution is -0.124. The molecule has 0 spiro atoms. The van der Waals surface area contributed by atoms with Gasteiger partial charge in [0, 0.05) is 6.42 Å². The minimum atomic E-state index is -0.488. The van der Waals surface area contributed by atoms with Crippen molar-refractivity contribution in [3.63, 3.8) is 0 Å². The zero-order valence-corrected chi connectivity index (χ0v) is 14.2. The van der Waals surface area contributed by atoms with Gasteiger partial charge in [0.05, 0.1) is 12.2 Å². The maximum atomic E-state index is 11.6. The zero-order chi connectivity index (χ0) is 17.9. The lowest BCUT2D eigenvalue weighted by Crippen LogP contribution is -2.49. The maximum absolute atomic E-state index is 11.6. The number of carbonyl (C=O) groups excluding carboxylic acids is 3. The SMILES string of the molecule is CCOC(=O)c1ccc(OCC(=O)NNC(=S)NC(=O)CC)cc1. The zero-order valence-electron chi connectivity index (χ0n) is 13.4. The van der Waals surface area contributed by atoms with E-state index in [1.54, 1.807) is 38.1 Å². The van der Waals surface area contributed by atoms with E-state index in [1.807, 2.05) is 0 Å². The summed E-state index contributed by atoms with van der Waals surface area (Å²) in [5, 5.41) is 2.36. The van der Waals surface area contributed by atoms with E-state index in [1.165, 1.54) is 0 Å². The Morgan fingerprint density at radius 1 is 1.04 bits per heavy atom. The van der Waals surface area contributed by atoms with Gasteiger partial charge in [0.1, 0.15) is 5.75 Å². The molecule has 0 aromatic heterocycles. The van der Waals surface area contributed by atoms with E-state index in [-0.39, 0.29) is 24.0 Å². The Morgan fingerprint density at radius 3 is 2.29 bits per heavy atom. The third kappa shape index (κ3) is 7.05. The predicted molar refractivity (Wildman–Crippen MR) is 90.2 cm³/mol. The smallest absolute Gasteiger partial charge is 0.338 e. The number of amides is 2. The van der Waals surface area contributed by atoms with Crippen LogP contribution in [0.1, 0.15) is 30.6 Å². The van der Waals surface area contributed by atoms with Crippen LogP contribution in [0.25, 0.3) is 0 Å². The van der Waals surface area contributed by atoms with Crippen LogP contribution >= 0.6 is 12.2 Å². The summed E-state index contributed by atoms with van der Waals surface area (Å²) in [6.45, 7) is 3.43. The molecule has 0 saturated carbocycles. The van der Waals surface area contributed by atoms with Crippen molar-refractivity contribution in [2.45, 2.75) is 20.3 Å². The topological polar surface area (TPSA) is 106 Å². The quantitative estimate of drug-likeness (QED) is 0.392. The van der Waals surface area contributed by atoms with Crippen LogP contribution < -0.4 is 20.9 Å². The molecule has 9 heteroatoms. The number of thiocarbonyl (C=S) groups is 1. The Hall–Kier alpha value is -2.68. The fourth-order valence-electron chi connectivity index (χ4n) is 1.46. The minimum Gasteiger partial charge on any atom is -0.484 e. The predicted octanol–water partition coefficient (Wildman–Crippen LogP) is 0.674. The number of hydrogen-bond donors (Lipinski definition) is 3. The van der Waals surface area contributed by atoms with Crippen molar-refractivity contribution in [1.82, 2.24) is 16.2 Å². The molecule has 0 fully saturated rings. The second-order valence-corrected chi connectivity index (χ2v) is 4.85. The average Bonchev–Trinajstić information content (AvgIpc) is 2.58. The van der Waals surface area contributed by atoms with Gasteiger partial charge < -0.3 is 14.8 Å². The summed E-state index contributed by atoms with van der Waals surface area (Å²) in [5.41, 5.74) is 5.06. The van der Waals surface area contributed by atoms with Crippen LogP contribution in [-0.2, 0) is 14.3 Å². The number of hydrogen-bond acceptors (Lipinski definition) is 6. The van der Waals surface area contributed by atoms with Gasteiger partial charge in [-0.25, -0.2) is 4.79 Å². The van der Waals surface area contributed by atoms with Crippen molar-refractivity contribution in [1.29, 1.82) is 0 Å². The summed E-state index contributed by atoms with van der Waals surface area (Å²) in [4.78, 5) is 34.2. The van der Waals surface area contributed by atoms with Crippen molar-refractivity contribution in [2.24, 2.45) is 0 Å². The first-order valence-electron chi connectivity index (χ1n) is 7.24. The molecule has 0 saturated heterocycles. The molecular formula is C15H19N3O5S. The van der Waals surface area contributed by atoms with Crippen LogP contribution in [0.15, 0.2) is 24.3 Å². The molecule has 1 aromatic carbocycles. The largest absolute Gasteiger partial charge is 0.484 e. The molecule has 130 valence electrons. The van der Waals surface area contributed by atoms with E-state index in [0.717, 1.165) is 0 Å². The first kappa shape index (κ1) is 19.4. The maximum Gasteiger partial charge on any atom is 0.338 e. The lowest BCUT2D eigenvalue weighted by Gasteiger charge is -2.11. The molecule has 0 aliphatic heterocycles. The highest BCUT2D eigenvalue weighted by Crippen LogP contribution is 2.12. The van der Waals surface area contributed by atoms with Gasteiger partial charge in [-0.1, -0.05) is 6.92 Å². The van der Waals surface area contributed by atoms with E-state index in [9.17, 15) is 14.4 Å². The van der Waals surface area contributed by atoms with Crippen LogP contribution in [0.4, 0.5) is 0 Å². The van der Waals surface area contributed by atoms with Crippen molar-refractivity contribution >= 4 is 35.1 Å². The van der Waals surface area contributed by atoms with E-state index < -0.39 is 11.9 Å². The van der Waals surface area contributed by atoms with Gasteiger partial charge >= 0.3 is 5.97 Å². The average molecular weight is 353 g/mol. The van der Waals surface area contributed by atoms with Crippen LogP contribution in [0.2, 0.25) is 0 Å². The normalized spacial score (nSPS) is 9.58. The second kappa shape index (κ2) is 10.2. The van der Waals surface area contributed by atoms with Gasteiger partial charge in [0.15, 0.2) is 11.7 Å². The molecular weight excluding hydrogens is 334 g/mol. The number of rotatable bonds is 6. The fraction of sp³-hybridized carbons (Fsp3) is 0.333. The number of ether oxygens (including phenoxy) is 2. The van der Waals surface area contributed by atoms with Gasteiger partial charge in [-0.05, 0) is 43.4 Å². The van der Waals surface area contributed by atoms with Gasteiger partial charge in [-0.2, -0.15) is 0 Å². The Morgan fingerprint density at radius 2 is 1.71 bits per heavy atom. The molecule has 0 radical (unpaired) electrons. The van der Waals surface area contributed by atoms with Gasteiger partial charge in [0.25, 0.3) is 5.91 Å². The van der Waals surface area contributed by atoms with E-state index in [4.69, 9.17) is 21.7 Å². The molecule has 0 atom stereocenters. The summed E-state index contributed by atoms with van der Waals surface area (Å²) in [7, 11) is 0. The van der Waals surface area contributed by atoms with Crippen molar-refractivity contribution in [3.05, 3.63) is 29.8 Å². The third-order valence-electron chi connectivity index (χ3n) is 2.62. The molecule has 0 aliphatic carbocycles. The molecule has 0 aliphatic rings. The highest BCUT2D eigenvalue weighted by atomic mass is 32.1.